The van der Waals surface area contributed by atoms with Crippen molar-refractivity contribution in [3.63, 3.8) is 0 Å². The van der Waals surface area contributed by atoms with Crippen LogP contribution >= 0.6 is 0 Å². The first-order chi connectivity index (χ1) is 11.6. The van der Waals surface area contributed by atoms with Crippen molar-refractivity contribution in [3.8, 4) is 0 Å². The van der Waals surface area contributed by atoms with Crippen LogP contribution in [0, 0.1) is 5.82 Å². The third-order valence-corrected chi connectivity index (χ3v) is 4.80. The van der Waals surface area contributed by atoms with Crippen LogP contribution in [0.15, 0.2) is 42.6 Å². The van der Waals surface area contributed by atoms with E-state index >= 15 is 0 Å². The summed E-state index contributed by atoms with van der Waals surface area (Å²) in [6.45, 7) is 5.56. The zero-order valence-corrected chi connectivity index (χ0v) is 14.2. The number of carbonyl (C=O) groups is 1. The highest BCUT2D eigenvalue weighted by Crippen LogP contribution is 2.32. The minimum absolute atomic E-state index is 0.0505. The van der Waals surface area contributed by atoms with E-state index in [0.29, 0.717) is 6.54 Å². The van der Waals surface area contributed by atoms with Gasteiger partial charge in [0.1, 0.15) is 5.82 Å². The third-order valence-electron chi connectivity index (χ3n) is 4.80. The number of hydrogen-bond acceptors (Lipinski definition) is 1. The molecule has 1 aliphatic heterocycles. The molecule has 0 saturated carbocycles. The van der Waals surface area contributed by atoms with Gasteiger partial charge in [0.15, 0.2) is 0 Å². The molecule has 1 aromatic heterocycles. The van der Waals surface area contributed by atoms with Crippen LogP contribution in [-0.2, 0) is 6.54 Å². The Kier molecular flexibility index (Phi) is 4.88. The summed E-state index contributed by atoms with van der Waals surface area (Å²) < 4.78 is 15.5. The Labute approximate surface area is 142 Å². The van der Waals surface area contributed by atoms with Crippen LogP contribution in [0.2, 0.25) is 0 Å². The van der Waals surface area contributed by atoms with Gasteiger partial charge in [0.2, 0.25) is 0 Å². The molecule has 2 aromatic rings. The van der Waals surface area contributed by atoms with Gasteiger partial charge >= 0.3 is 6.03 Å². The van der Waals surface area contributed by atoms with E-state index in [2.05, 4.69) is 23.7 Å². The predicted octanol–water partition coefficient (Wildman–Crippen LogP) is 3.93. The van der Waals surface area contributed by atoms with E-state index < -0.39 is 0 Å². The molecule has 128 valence electrons. The molecule has 0 radical (unpaired) electrons. The second kappa shape index (κ2) is 7.07. The van der Waals surface area contributed by atoms with Crippen LogP contribution in [0.1, 0.15) is 44.0 Å². The van der Waals surface area contributed by atoms with E-state index in [1.165, 1.54) is 12.1 Å². The molecule has 24 heavy (non-hydrogen) atoms. The molecular formula is C19H24FN3O. The van der Waals surface area contributed by atoms with E-state index in [9.17, 15) is 9.18 Å². The Morgan fingerprint density at radius 2 is 1.92 bits per heavy atom. The number of aromatic nitrogens is 1. The van der Waals surface area contributed by atoms with Gasteiger partial charge in [-0.05, 0) is 42.7 Å². The molecular weight excluding hydrogens is 305 g/mol. The molecule has 0 fully saturated rings. The molecule has 3 rings (SSSR count). The summed E-state index contributed by atoms with van der Waals surface area (Å²) in [6.07, 6.45) is 3.85. The molecule has 5 heteroatoms. The predicted molar refractivity (Wildman–Crippen MR) is 92.3 cm³/mol. The molecule has 0 bridgehead atoms. The Balaban J connectivity index is 1.92. The Hall–Kier alpha value is -2.30. The molecule has 2 amide bonds. The molecule has 4 nitrogen and oxygen atoms in total. The van der Waals surface area contributed by atoms with Crippen LogP contribution < -0.4 is 5.32 Å². The molecule has 1 N–H and O–H groups in total. The number of fused-ring (bicyclic) bond motifs is 1. The van der Waals surface area contributed by atoms with Crippen LogP contribution in [0.4, 0.5) is 9.18 Å². The smallest absolute Gasteiger partial charge is 0.318 e. The summed E-state index contributed by atoms with van der Waals surface area (Å²) in [4.78, 5) is 14.7. The molecule has 1 atom stereocenters. The standard InChI is InChI=1S/C19H24FN3O/c1-3-16(4-2)21-19(24)23-13-12-22-11-5-6-17(22)18(23)14-7-9-15(20)10-8-14/h5-11,16,18H,3-4,12-13H2,1-2H3,(H,21,24). The molecule has 0 aliphatic carbocycles. The number of urea groups is 1. The lowest BCUT2D eigenvalue weighted by Crippen LogP contribution is -2.49. The molecule has 1 aliphatic rings. The molecule has 0 saturated heterocycles. The summed E-state index contributed by atoms with van der Waals surface area (Å²) in [6, 6.07) is 10.4. The summed E-state index contributed by atoms with van der Waals surface area (Å²) in [5.74, 6) is -0.266. The lowest BCUT2D eigenvalue weighted by atomic mass is 10.00. The van der Waals surface area contributed by atoms with Gasteiger partial charge in [0.25, 0.3) is 0 Å². The summed E-state index contributed by atoms with van der Waals surface area (Å²) in [5, 5.41) is 3.12. The van der Waals surface area contributed by atoms with Crippen molar-refractivity contribution in [2.45, 2.75) is 45.3 Å². The summed E-state index contributed by atoms with van der Waals surface area (Å²) >= 11 is 0. The number of carbonyl (C=O) groups excluding carboxylic acids is 1. The van der Waals surface area contributed by atoms with Crippen molar-refractivity contribution < 1.29 is 9.18 Å². The maximum absolute atomic E-state index is 13.3. The quantitative estimate of drug-likeness (QED) is 0.906. The maximum atomic E-state index is 13.3. The zero-order chi connectivity index (χ0) is 17.1. The number of benzene rings is 1. The van der Waals surface area contributed by atoms with Crippen molar-refractivity contribution >= 4 is 6.03 Å². The molecule has 1 unspecified atom stereocenters. The summed E-state index contributed by atoms with van der Waals surface area (Å²) in [5.41, 5.74) is 1.99. The monoisotopic (exact) mass is 329 g/mol. The van der Waals surface area contributed by atoms with E-state index in [4.69, 9.17) is 0 Å². The van der Waals surface area contributed by atoms with Gasteiger partial charge in [0, 0.05) is 31.0 Å². The van der Waals surface area contributed by atoms with E-state index in [-0.39, 0.29) is 23.9 Å². The highest BCUT2D eigenvalue weighted by Gasteiger charge is 2.32. The van der Waals surface area contributed by atoms with Gasteiger partial charge in [-0.3, -0.25) is 0 Å². The third kappa shape index (κ3) is 3.16. The van der Waals surface area contributed by atoms with Gasteiger partial charge in [-0.15, -0.1) is 0 Å². The lowest BCUT2D eigenvalue weighted by Gasteiger charge is -2.38. The van der Waals surface area contributed by atoms with Crippen molar-refractivity contribution in [3.05, 3.63) is 59.7 Å². The van der Waals surface area contributed by atoms with Crippen LogP contribution in [-0.4, -0.2) is 28.1 Å². The molecule has 0 spiro atoms. The number of nitrogens with zero attached hydrogens (tertiary/aromatic N) is 2. The van der Waals surface area contributed by atoms with Gasteiger partial charge in [0.05, 0.1) is 6.04 Å². The second-order valence-electron chi connectivity index (χ2n) is 6.24. The highest BCUT2D eigenvalue weighted by atomic mass is 19.1. The minimum atomic E-state index is -0.266. The van der Waals surface area contributed by atoms with Crippen LogP contribution in [0.5, 0.6) is 0 Å². The van der Waals surface area contributed by atoms with E-state index in [1.807, 2.05) is 23.2 Å². The normalized spacial score (nSPS) is 17.0. The van der Waals surface area contributed by atoms with Crippen molar-refractivity contribution in [2.24, 2.45) is 0 Å². The van der Waals surface area contributed by atoms with Gasteiger partial charge in [-0.25, -0.2) is 9.18 Å². The average molecular weight is 329 g/mol. The Bertz CT molecular complexity index is 691. The first-order valence-corrected chi connectivity index (χ1v) is 8.61. The SMILES string of the molecule is CCC(CC)NC(=O)N1CCn2cccc2C1c1ccc(F)cc1. The van der Waals surface area contributed by atoms with Crippen LogP contribution in [0.3, 0.4) is 0 Å². The van der Waals surface area contributed by atoms with E-state index in [1.54, 1.807) is 12.1 Å². The Morgan fingerprint density at radius 1 is 1.21 bits per heavy atom. The highest BCUT2D eigenvalue weighted by molar-refractivity contribution is 5.76. The van der Waals surface area contributed by atoms with Crippen molar-refractivity contribution in [2.75, 3.05) is 6.54 Å². The van der Waals surface area contributed by atoms with E-state index in [0.717, 1.165) is 30.6 Å². The zero-order valence-electron chi connectivity index (χ0n) is 14.2. The fourth-order valence-electron chi connectivity index (χ4n) is 3.35. The number of amides is 2. The fourth-order valence-corrected chi connectivity index (χ4v) is 3.35. The summed E-state index contributed by atoms with van der Waals surface area (Å²) in [7, 11) is 0. The number of nitrogens with one attached hydrogen (secondary N) is 1. The minimum Gasteiger partial charge on any atom is -0.348 e. The Morgan fingerprint density at radius 3 is 2.58 bits per heavy atom. The molecule has 2 heterocycles. The second-order valence-corrected chi connectivity index (χ2v) is 6.24. The first kappa shape index (κ1) is 16.6. The average Bonchev–Trinajstić information content (AvgIpc) is 3.08. The number of rotatable bonds is 4. The topological polar surface area (TPSA) is 37.3 Å². The lowest BCUT2D eigenvalue weighted by molar-refractivity contribution is 0.164. The van der Waals surface area contributed by atoms with Crippen molar-refractivity contribution in [1.29, 1.82) is 0 Å². The number of hydrogen-bond donors (Lipinski definition) is 1. The van der Waals surface area contributed by atoms with Gasteiger partial charge in [-0.2, -0.15) is 0 Å². The van der Waals surface area contributed by atoms with Gasteiger partial charge < -0.3 is 14.8 Å². The fraction of sp³-hybridized carbons (Fsp3) is 0.421. The van der Waals surface area contributed by atoms with Crippen LogP contribution in [0.25, 0.3) is 0 Å². The van der Waals surface area contributed by atoms with Crippen molar-refractivity contribution in [1.82, 2.24) is 14.8 Å². The first-order valence-electron chi connectivity index (χ1n) is 8.61. The van der Waals surface area contributed by atoms with Gasteiger partial charge in [-0.1, -0.05) is 26.0 Å². The largest absolute Gasteiger partial charge is 0.348 e. The maximum Gasteiger partial charge on any atom is 0.318 e. The molecule has 1 aromatic carbocycles. The number of halogens is 1.